The number of nitrogens with zero attached hydrogens (tertiary/aromatic N) is 3. The number of aromatic nitrogens is 2. The Kier molecular flexibility index (Phi) is 4.18. The molecule has 1 aromatic heterocycles. The number of amides is 1. The zero-order chi connectivity index (χ0) is 16.2. The fourth-order valence-electron chi connectivity index (χ4n) is 2.48. The van der Waals surface area contributed by atoms with E-state index in [0.717, 1.165) is 5.56 Å². The molecule has 1 aromatic carbocycles. The molecule has 1 aliphatic rings. The molecule has 0 unspecified atom stereocenters. The molecule has 0 spiro atoms. The maximum atomic E-state index is 12.4. The Hall–Kier alpha value is -2.96. The Labute approximate surface area is 133 Å². The van der Waals surface area contributed by atoms with E-state index in [0.29, 0.717) is 36.7 Å². The molecular weight excluding hydrogens is 296 g/mol. The van der Waals surface area contributed by atoms with Crippen LogP contribution in [0.1, 0.15) is 26.3 Å². The van der Waals surface area contributed by atoms with Crippen LogP contribution in [0.15, 0.2) is 36.7 Å². The van der Waals surface area contributed by atoms with Crippen molar-refractivity contribution < 1.29 is 14.3 Å². The summed E-state index contributed by atoms with van der Waals surface area (Å²) in [5, 5.41) is 3.07. The first-order valence-corrected chi connectivity index (χ1v) is 7.20. The van der Waals surface area contributed by atoms with E-state index in [1.165, 1.54) is 7.11 Å². The third-order valence-corrected chi connectivity index (χ3v) is 3.64. The minimum absolute atomic E-state index is 0.0819. The molecule has 2 aromatic rings. The van der Waals surface area contributed by atoms with Gasteiger partial charge in [0.15, 0.2) is 0 Å². The highest BCUT2D eigenvalue weighted by Gasteiger charge is 2.27. The quantitative estimate of drug-likeness (QED) is 0.839. The van der Waals surface area contributed by atoms with Gasteiger partial charge in [0.1, 0.15) is 0 Å². The second-order valence-corrected chi connectivity index (χ2v) is 5.09. The normalized spacial score (nSPS) is 12.9. The molecule has 1 aliphatic heterocycles. The van der Waals surface area contributed by atoms with Crippen molar-refractivity contribution >= 4 is 17.8 Å². The molecule has 0 bridgehead atoms. The molecule has 1 amide bonds. The monoisotopic (exact) mass is 312 g/mol. The number of hydrogen-bond acceptors (Lipinski definition) is 6. The van der Waals surface area contributed by atoms with Gasteiger partial charge in [-0.1, -0.05) is 6.07 Å². The topological polar surface area (TPSA) is 84.4 Å². The molecule has 0 saturated carbocycles. The summed E-state index contributed by atoms with van der Waals surface area (Å²) in [7, 11) is 1.32. The summed E-state index contributed by atoms with van der Waals surface area (Å²) in [5.74, 6) is 0.00751. The van der Waals surface area contributed by atoms with Gasteiger partial charge in [0.25, 0.3) is 5.91 Å². The van der Waals surface area contributed by atoms with Gasteiger partial charge < -0.3 is 15.0 Å². The van der Waals surface area contributed by atoms with E-state index in [9.17, 15) is 9.59 Å². The van der Waals surface area contributed by atoms with Crippen molar-refractivity contribution in [3.8, 4) is 0 Å². The smallest absolute Gasteiger partial charge is 0.337 e. The third kappa shape index (κ3) is 3.13. The van der Waals surface area contributed by atoms with E-state index in [2.05, 4.69) is 20.0 Å². The molecule has 0 aliphatic carbocycles. The van der Waals surface area contributed by atoms with Crippen molar-refractivity contribution in [2.75, 3.05) is 25.5 Å². The van der Waals surface area contributed by atoms with Crippen molar-refractivity contribution in [1.29, 1.82) is 0 Å². The molecule has 118 valence electrons. The van der Waals surface area contributed by atoms with E-state index < -0.39 is 5.97 Å². The highest BCUT2D eigenvalue weighted by molar-refractivity contribution is 6.01. The molecule has 0 radical (unpaired) electrons. The summed E-state index contributed by atoms with van der Waals surface area (Å²) >= 11 is 0. The highest BCUT2D eigenvalue weighted by Crippen LogP contribution is 2.23. The molecular formula is C16H16N4O3. The predicted molar refractivity (Wildman–Crippen MR) is 83.0 cm³/mol. The van der Waals surface area contributed by atoms with Crippen LogP contribution in [0, 0.1) is 0 Å². The lowest BCUT2D eigenvalue weighted by atomic mass is 10.1. The zero-order valence-electron chi connectivity index (χ0n) is 12.7. The number of methoxy groups -OCH3 is 1. The van der Waals surface area contributed by atoms with Gasteiger partial charge in [0.2, 0.25) is 5.95 Å². The van der Waals surface area contributed by atoms with Gasteiger partial charge in [-0.3, -0.25) is 4.79 Å². The van der Waals surface area contributed by atoms with Crippen LogP contribution in [0.2, 0.25) is 0 Å². The lowest BCUT2D eigenvalue weighted by molar-refractivity contribution is 0.0600. The van der Waals surface area contributed by atoms with Crippen LogP contribution in [0.4, 0.5) is 5.95 Å². The van der Waals surface area contributed by atoms with Gasteiger partial charge in [-0.05, 0) is 23.8 Å². The summed E-state index contributed by atoms with van der Waals surface area (Å²) in [4.78, 5) is 33.8. The maximum Gasteiger partial charge on any atom is 0.337 e. The van der Waals surface area contributed by atoms with Crippen molar-refractivity contribution in [2.45, 2.75) is 6.54 Å². The number of fused-ring (bicyclic) bond motifs is 1. The molecule has 2 heterocycles. The molecule has 3 rings (SSSR count). The molecule has 1 N–H and O–H groups in total. The zero-order valence-corrected chi connectivity index (χ0v) is 12.7. The summed E-state index contributed by atoms with van der Waals surface area (Å²) < 4.78 is 4.68. The van der Waals surface area contributed by atoms with Gasteiger partial charge in [-0.15, -0.1) is 0 Å². The number of anilines is 1. The number of carbonyl (C=O) groups excluding carboxylic acids is 2. The summed E-state index contributed by atoms with van der Waals surface area (Å²) in [5.41, 5.74) is 1.86. The van der Waals surface area contributed by atoms with Crippen LogP contribution in [0.3, 0.4) is 0 Å². The Morgan fingerprint density at radius 2 is 2.13 bits per heavy atom. The fraction of sp³-hybridized carbons (Fsp3) is 0.250. The molecule has 0 atom stereocenters. The second kappa shape index (κ2) is 6.43. The van der Waals surface area contributed by atoms with Crippen LogP contribution in [-0.2, 0) is 11.3 Å². The number of carbonyl (C=O) groups is 2. The largest absolute Gasteiger partial charge is 0.465 e. The lowest BCUT2D eigenvalue weighted by Crippen LogP contribution is -2.29. The van der Waals surface area contributed by atoms with Gasteiger partial charge >= 0.3 is 5.97 Å². The van der Waals surface area contributed by atoms with Gasteiger partial charge in [-0.2, -0.15) is 0 Å². The maximum absolute atomic E-state index is 12.4. The van der Waals surface area contributed by atoms with Crippen LogP contribution in [-0.4, -0.2) is 46.9 Å². The Morgan fingerprint density at radius 1 is 1.35 bits per heavy atom. The molecule has 0 saturated heterocycles. The van der Waals surface area contributed by atoms with E-state index in [-0.39, 0.29) is 5.91 Å². The van der Waals surface area contributed by atoms with Crippen molar-refractivity contribution in [1.82, 2.24) is 14.9 Å². The average Bonchev–Trinajstić information content (AvgIpc) is 2.91. The number of rotatable bonds is 5. The molecule has 23 heavy (non-hydrogen) atoms. The van der Waals surface area contributed by atoms with Crippen LogP contribution >= 0.6 is 0 Å². The summed E-state index contributed by atoms with van der Waals surface area (Å²) in [6.45, 7) is 1.61. The SMILES string of the molecule is COC(=O)c1ccc2c(c1)C(=O)N(CCNc1ncccn1)C2. The van der Waals surface area contributed by atoms with Crippen molar-refractivity contribution in [3.63, 3.8) is 0 Å². The molecule has 7 heteroatoms. The molecule has 7 nitrogen and oxygen atoms in total. The van der Waals surface area contributed by atoms with E-state index >= 15 is 0 Å². The number of hydrogen-bond donors (Lipinski definition) is 1. The number of esters is 1. The number of benzene rings is 1. The van der Waals surface area contributed by atoms with Crippen molar-refractivity contribution in [3.05, 3.63) is 53.3 Å². The van der Waals surface area contributed by atoms with E-state index in [1.54, 1.807) is 41.6 Å². The van der Waals surface area contributed by atoms with Gasteiger partial charge in [0.05, 0.1) is 12.7 Å². The first-order chi connectivity index (χ1) is 11.2. The standard InChI is InChI=1S/C16H16N4O3/c1-23-15(22)11-3-4-12-10-20(14(21)13(12)9-11)8-7-19-16-17-5-2-6-18-16/h2-6,9H,7-8,10H2,1H3,(H,17,18,19). The van der Waals surface area contributed by atoms with Crippen LogP contribution in [0.5, 0.6) is 0 Å². The Morgan fingerprint density at radius 3 is 2.87 bits per heavy atom. The summed E-state index contributed by atoms with van der Waals surface area (Å²) in [6.07, 6.45) is 3.31. The third-order valence-electron chi connectivity index (χ3n) is 3.64. The second-order valence-electron chi connectivity index (χ2n) is 5.09. The minimum atomic E-state index is -0.443. The van der Waals surface area contributed by atoms with Gasteiger partial charge in [0, 0.05) is 37.6 Å². The first-order valence-electron chi connectivity index (χ1n) is 7.20. The summed E-state index contributed by atoms with van der Waals surface area (Å²) in [6, 6.07) is 6.81. The lowest BCUT2D eigenvalue weighted by Gasteiger charge is -2.15. The first kappa shape index (κ1) is 15.0. The molecule has 0 fully saturated rings. The average molecular weight is 312 g/mol. The Balaban J connectivity index is 1.63. The fourth-order valence-corrected chi connectivity index (χ4v) is 2.48. The number of nitrogens with one attached hydrogen (secondary N) is 1. The Bertz CT molecular complexity index is 733. The predicted octanol–water partition coefficient (Wildman–Crippen LogP) is 1.33. The van der Waals surface area contributed by atoms with Gasteiger partial charge in [-0.25, -0.2) is 14.8 Å². The highest BCUT2D eigenvalue weighted by atomic mass is 16.5. The number of ether oxygens (including phenoxy) is 1. The minimum Gasteiger partial charge on any atom is -0.465 e. The van der Waals surface area contributed by atoms with E-state index in [1.807, 2.05) is 0 Å². The van der Waals surface area contributed by atoms with E-state index in [4.69, 9.17) is 0 Å². The van der Waals surface area contributed by atoms with Crippen LogP contribution < -0.4 is 5.32 Å². The van der Waals surface area contributed by atoms with Crippen LogP contribution in [0.25, 0.3) is 0 Å². The van der Waals surface area contributed by atoms with Crippen molar-refractivity contribution in [2.24, 2.45) is 0 Å².